The second-order valence-corrected chi connectivity index (χ2v) is 11.7. The Kier molecular flexibility index (Phi) is 6.28. The van der Waals surface area contributed by atoms with Gasteiger partial charge in [0.25, 0.3) is 5.79 Å². The van der Waals surface area contributed by atoms with Crippen molar-refractivity contribution in [3.05, 3.63) is 59.2 Å². The third kappa shape index (κ3) is 4.04. The molecule has 2 aromatic carbocycles. The van der Waals surface area contributed by atoms with E-state index in [2.05, 4.69) is 5.10 Å². The first-order valence-electron chi connectivity index (χ1n) is 13.0. The quantitative estimate of drug-likeness (QED) is 0.318. The van der Waals surface area contributed by atoms with Crippen molar-refractivity contribution in [2.75, 3.05) is 7.11 Å². The summed E-state index contributed by atoms with van der Waals surface area (Å²) in [7, 11) is 1.41. The van der Waals surface area contributed by atoms with E-state index in [0.29, 0.717) is 16.7 Å². The Balaban J connectivity index is 1.83. The molecule has 2 fully saturated rings. The van der Waals surface area contributed by atoms with Crippen molar-refractivity contribution in [2.24, 2.45) is 15.9 Å². The van der Waals surface area contributed by atoms with Crippen molar-refractivity contribution < 1.29 is 38.1 Å². The molecule has 3 aliphatic rings. The largest absolute Gasteiger partial charge is 0.493 e. The Morgan fingerprint density at radius 3 is 2.25 bits per heavy atom. The summed E-state index contributed by atoms with van der Waals surface area (Å²) in [6, 6.07) is 9.93. The third-order valence-electron chi connectivity index (χ3n) is 7.57. The van der Waals surface area contributed by atoms with Crippen molar-refractivity contribution in [1.82, 2.24) is 5.01 Å². The molecule has 5 rings (SSSR count). The zero-order valence-electron chi connectivity index (χ0n) is 23.5. The highest BCUT2D eigenvalue weighted by Crippen LogP contribution is 2.63. The number of ether oxygens (including phenoxy) is 4. The van der Waals surface area contributed by atoms with E-state index in [1.54, 1.807) is 50.2 Å². The smallest absolute Gasteiger partial charge is 0.330 e. The maximum Gasteiger partial charge on any atom is 0.330 e. The number of rotatable bonds is 4. The number of carbonyl (C=O) groups excluding carboxylic acids is 4. The van der Waals surface area contributed by atoms with Crippen LogP contribution >= 0.6 is 0 Å². The lowest BCUT2D eigenvalue weighted by Crippen LogP contribution is -2.58. The van der Waals surface area contributed by atoms with Crippen LogP contribution in [0.25, 0.3) is 0 Å². The van der Waals surface area contributed by atoms with E-state index in [-0.39, 0.29) is 17.3 Å². The number of Topliss-reactive ketones (excluding diaryl/α,β-unsaturated/α-hetero) is 1. The van der Waals surface area contributed by atoms with Crippen molar-refractivity contribution in [3.8, 4) is 11.5 Å². The van der Waals surface area contributed by atoms with Crippen LogP contribution in [-0.2, 0) is 28.7 Å². The Bertz CT molecular complexity index is 1430. The number of carbonyl (C=O) groups is 4. The van der Waals surface area contributed by atoms with Gasteiger partial charge in [-0.1, -0.05) is 51.1 Å². The van der Waals surface area contributed by atoms with Gasteiger partial charge in [0.1, 0.15) is 12.1 Å². The van der Waals surface area contributed by atoms with E-state index in [0.717, 1.165) is 0 Å². The number of nitrogens with zero attached hydrogens (tertiary/aromatic N) is 2. The number of cyclic esters (lactones) is 2. The second-order valence-electron chi connectivity index (χ2n) is 11.7. The topological polar surface area (TPSA) is 121 Å². The van der Waals surface area contributed by atoms with Crippen LogP contribution in [0.15, 0.2) is 47.6 Å². The summed E-state index contributed by atoms with van der Waals surface area (Å²) in [5.41, 5.74) is -1.09. The van der Waals surface area contributed by atoms with Crippen LogP contribution < -0.4 is 9.47 Å². The maximum atomic E-state index is 14.3. The summed E-state index contributed by atoms with van der Waals surface area (Å²) in [4.78, 5) is 54.4. The zero-order valence-corrected chi connectivity index (χ0v) is 23.5. The molecule has 3 heterocycles. The minimum absolute atomic E-state index is 0.153. The summed E-state index contributed by atoms with van der Waals surface area (Å²) >= 11 is 0. The molecule has 0 saturated carbocycles. The number of benzene rings is 2. The monoisotopic (exact) mass is 548 g/mol. The molecule has 10 nitrogen and oxygen atoms in total. The molecule has 3 aliphatic heterocycles. The Morgan fingerprint density at radius 1 is 1.00 bits per heavy atom. The molecular weight excluding hydrogens is 516 g/mol. The van der Waals surface area contributed by atoms with Gasteiger partial charge < -0.3 is 18.9 Å². The van der Waals surface area contributed by atoms with Gasteiger partial charge in [0.05, 0.1) is 13.3 Å². The number of hydrazone groups is 1. The van der Waals surface area contributed by atoms with E-state index in [4.69, 9.17) is 18.9 Å². The fourth-order valence-corrected chi connectivity index (χ4v) is 5.95. The summed E-state index contributed by atoms with van der Waals surface area (Å²) in [6.07, 6.45) is 1.62. The SMILES string of the molecule is COc1cc(C2C(C(=O)C(C)(C)C)N3N=Cc4ccccc4C3C23C(=O)OC(C)(C)OC3=O)ccc1OC(C)=O. The Labute approximate surface area is 232 Å². The second kappa shape index (κ2) is 9.18. The van der Waals surface area contributed by atoms with Crippen molar-refractivity contribution in [2.45, 2.75) is 65.3 Å². The van der Waals surface area contributed by atoms with E-state index in [9.17, 15) is 19.2 Å². The molecule has 0 bridgehead atoms. The van der Waals surface area contributed by atoms with E-state index in [1.807, 2.05) is 18.2 Å². The van der Waals surface area contributed by atoms with E-state index < -0.39 is 52.5 Å². The van der Waals surface area contributed by atoms with Crippen LogP contribution in [0.4, 0.5) is 0 Å². The fourth-order valence-electron chi connectivity index (χ4n) is 5.95. The lowest BCUT2D eigenvalue weighted by atomic mass is 9.64. The number of fused-ring (bicyclic) bond motifs is 4. The average molecular weight is 549 g/mol. The molecule has 0 N–H and O–H groups in total. The Hall–Kier alpha value is -4.21. The number of hydrogen-bond donors (Lipinski definition) is 0. The fraction of sp³-hybridized carbons (Fsp3) is 0.433. The first-order chi connectivity index (χ1) is 18.7. The number of ketones is 1. The minimum Gasteiger partial charge on any atom is -0.493 e. The van der Waals surface area contributed by atoms with E-state index in [1.165, 1.54) is 33.9 Å². The predicted molar refractivity (Wildman–Crippen MR) is 143 cm³/mol. The van der Waals surface area contributed by atoms with Gasteiger partial charge >= 0.3 is 17.9 Å². The van der Waals surface area contributed by atoms with Crippen molar-refractivity contribution in [3.63, 3.8) is 0 Å². The number of esters is 3. The van der Waals surface area contributed by atoms with Gasteiger partial charge in [-0.15, -0.1) is 0 Å². The van der Waals surface area contributed by atoms with Gasteiger partial charge in [0, 0.05) is 32.1 Å². The lowest BCUT2D eigenvalue weighted by Gasteiger charge is -2.44. The third-order valence-corrected chi connectivity index (χ3v) is 7.57. The van der Waals surface area contributed by atoms with Crippen LogP contribution in [0.3, 0.4) is 0 Å². The molecule has 2 saturated heterocycles. The predicted octanol–water partition coefficient (Wildman–Crippen LogP) is 3.91. The highest BCUT2D eigenvalue weighted by atomic mass is 16.7. The summed E-state index contributed by atoms with van der Waals surface area (Å²) in [5.74, 6) is -4.66. The molecule has 10 heteroatoms. The molecule has 2 aromatic rings. The average Bonchev–Trinajstić information content (AvgIpc) is 3.18. The molecule has 0 aromatic heterocycles. The standard InChI is InChI=1S/C30H32N2O8/c1-16(33)38-20-13-12-17(14-21(20)37-7)22-23(25(34)28(2,3)4)32-24(19-11-9-8-10-18(19)15-31-32)30(22)26(35)39-29(5,6)40-27(30)36/h8-15,22-24H,1-7H3. The zero-order chi connectivity index (χ0) is 29.2. The summed E-state index contributed by atoms with van der Waals surface area (Å²) in [6.45, 7) is 9.57. The minimum atomic E-state index is -2.00. The molecular formula is C30H32N2O8. The highest BCUT2D eigenvalue weighted by Gasteiger charge is 2.75. The van der Waals surface area contributed by atoms with Crippen LogP contribution in [0.1, 0.15) is 70.2 Å². The highest BCUT2D eigenvalue weighted by molar-refractivity contribution is 6.07. The summed E-state index contributed by atoms with van der Waals surface area (Å²) in [5, 5.41) is 6.20. The van der Waals surface area contributed by atoms with Crippen LogP contribution in [0, 0.1) is 10.8 Å². The molecule has 3 atom stereocenters. The molecule has 1 spiro atoms. The molecule has 210 valence electrons. The van der Waals surface area contributed by atoms with Crippen LogP contribution in [0.5, 0.6) is 11.5 Å². The van der Waals surface area contributed by atoms with Gasteiger partial charge in [-0.3, -0.25) is 24.2 Å². The number of methoxy groups -OCH3 is 1. The Morgan fingerprint density at radius 2 is 1.65 bits per heavy atom. The molecule has 0 amide bonds. The van der Waals surface area contributed by atoms with Gasteiger partial charge in [0.15, 0.2) is 17.3 Å². The van der Waals surface area contributed by atoms with Gasteiger partial charge in [-0.05, 0) is 28.8 Å². The van der Waals surface area contributed by atoms with Gasteiger partial charge in [-0.25, -0.2) is 0 Å². The van der Waals surface area contributed by atoms with Crippen LogP contribution in [-0.4, -0.2) is 53.9 Å². The normalized spacial score (nSPS) is 24.1. The van der Waals surface area contributed by atoms with E-state index >= 15 is 0 Å². The van der Waals surface area contributed by atoms with Crippen LogP contribution in [0.2, 0.25) is 0 Å². The molecule has 0 radical (unpaired) electrons. The first-order valence-corrected chi connectivity index (χ1v) is 13.0. The van der Waals surface area contributed by atoms with Crippen molar-refractivity contribution in [1.29, 1.82) is 0 Å². The van der Waals surface area contributed by atoms with Gasteiger partial charge in [-0.2, -0.15) is 5.10 Å². The maximum absolute atomic E-state index is 14.3. The molecule has 0 aliphatic carbocycles. The van der Waals surface area contributed by atoms with Gasteiger partial charge in [0.2, 0.25) is 5.41 Å². The van der Waals surface area contributed by atoms with Crippen molar-refractivity contribution >= 4 is 29.9 Å². The molecule has 3 unspecified atom stereocenters. The lowest BCUT2D eigenvalue weighted by molar-refractivity contribution is -0.254. The molecule has 40 heavy (non-hydrogen) atoms. The summed E-state index contributed by atoms with van der Waals surface area (Å²) < 4.78 is 22.3. The first kappa shape index (κ1) is 27.4. The number of hydrogen-bond acceptors (Lipinski definition) is 10.